The summed E-state index contributed by atoms with van der Waals surface area (Å²) in [5.74, 6) is -3.27. The van der Waals surface area contributed by atoms with Crippen LogP contribution in [-0.2, 0) is 0 Å². The molecule has 2 heterocycles. The highest BCUT2D eigenvalue weighted by atomic mass is 19.1. The van der Waals surface area contributed by atoms with E-state index < -0.39 is 34.3 Å². The average Bonchev–Trinajstić information content (AvgIpc) is 3.58. The molecule has 3 fully saturated rings. The second-order valence-corrected chi connectivity index (χ2v) is 9.15. The van der Waals surface area contributed by atoms with Crippen LogP contribution >= 0.6 is 0 Å². The number of halogens is 2. The zero-order valence-corrected chi connectivity index (χ0v) is 16.9. The molecule has 2 aromatic rings. The number of benzene rings is 1. The summed E-state index contributed by atoms with van der Waals surface area (Å²) in [6, 6.07) is 0.0505. The fourth-order valence-electron chi connectivity index (χ4n) is 5.11. The molecule has 160 valence electrons. The number of aromatic carboxylic acids is 1. The molecule has 3 aliphatic rings. The lowest BCUT2D eigenvalue weighted by Gasteiger charge is -2.25. The van der Waals surface area contributed by atoms with Crippen LogP contribution in [0.1, 0.15) is 42.1 Å². The molecule has 1 atom stereocenters. The standard InChI is InChI=1S/C21H24F2N4O3/c1-25(2)12-8-26(9-21(12)5-6-21)18-14(22)16(24)13-17(15(18)23)27(10-3-4-10)7-11(19(13)28)20(29)30/h7,10,12H,3-6,8-9,24H2,1-2H3,(H,29,30)/t12-/m0/s1. The Morgan fingerprint density at radius 3 is 2.43 bits per heavy atom. The van der Waals surface area contributed by atoms with Crippen LogP contribution in [0.25, 0.3) is 10.9 Å². The minimum atomic E-state index is -1.44. The first kappa shape index (κ1) is 19.3. The maximum Gasteiger partial charge on any atom is 0.341 e. The van der Waals surface area contributed by atoms with Crippen LogP contribution in [0, 0.1) is 17.0 Å². The summed E-state index contributed by atoms with van der Waals surface area (Å²) in [5.41, 5.74) is 3.75. The summed E-state index contributed by atoms with van der Waals surface area (Å²) in [6.07, 6.45) is 4.65. The van der Waals surface area contributed by atoms with E-state index in [-0.39, 0.29) is 34.1 Å². The molecule has 7 nitrogen and oxygen atoms in total. The molecule has 9 heteroatoms. The molecule has 1 spiro atoms. The first-order chi connectivity index (χ1) is 14.2. The number of carboxylic acid groups (broad SMARTS) is 1. The Morgan fingerprint density at radius 1 is 1.27 bits per heavy atom. The van der Waals surface area contributed by atoms with Crippen molar-refractivity contribution in [2.75, 3.05) is 37.8 Å². The largest absolute Gasteiger partial charge is 0.477 e. The Hall–Kier alpha value is -2.68. The van der Waals surface area contributed by atoms with Gasteiger partial charge in [0.25, 0.3) is 0 Å². The van der Waals surface area contributed by atoms with E-state index in [9.17, 15) is 14.7 Å². The van der Waals surface area contributed by atoms with Gasteiger partial charge in [-0.3, -0.25) is 4.79 Å². The van der Waals surface area contributed by atoms with Gasteiger partial charge < -0.3 is 25.2 Å². The predicted molar refractivity (Wildman–Crippen MR) is 109 cm³/mol. The van der Waals surface area contributed by atoms with Crippen molar-refractivity contribution in [1.29, 1.82) is 0 Å². The number of carboxylic acids is 1. The number of nitrogen functional groups attached to an aromatic ring is 1. The van der Waals surface area contributed by atoms with Crippen molar-refractivity contribution in [3.63, 3.8) is 0 Å². The number of hydrogen-bond acceptors (Lipinski definition) is 5. The number of nitrogens with zero attached hydrogens (tertiary/aromatic N) is 3. The van der Waals surface area contributed by atoms with E-state index in [0.29, 0.717) is 13.1 Å². The van der Waals surface area contributed by atoms with Gasteiger partial charge >= 0.3 is 5.97 Å². The Labute approximate surface area is 171 Å². The van der Waals surface area contributed by atoms with Crippen molar-refractivity contribution >= 4 is 28.2 Å². The smallest absolute Gasteiger partial charge is 0.341 e. The van der Waals surface area contributed by atoms with Gasteiger partial charge in [0.2, 0.25) is 5.43 Å². The topological polar surface area (TPSA) is 91.8 Å². The second-order valence-electron chi connectivity index (χ2n) is 9.15. The lowest BCUT2D eigenvalue weighted by atomic mass is 10.0. The summed E-state index contributed by atoms with van der Waals surface area (Å²) in [4.78, 5) is 28.1. The molecule has 1 aliphatic heterocycles. The first-order valence-electron chi connectivity index (χ1n) is 10.2. The molecular weight excluding hydrogens is 394 g/mol. The lowest BCUT2D eigenvalue weighted by Crippen LogP contribution is -2.36. The summed E-state index contributed by atoms with van der Waals surface area (Å²) >= 11 is 0. The Bertz CT molecular complexity index is 1150. The lowest BCUT2D eigenvalue weighted by molar-refractivity contribution is 0.0695. The molecule has 1 aromatic heterocycles. The number of carbonyl (C=O) groups is 1. The van der Waals surface area contributed by atoms with Gasteiger partial charge in [0.1, 0.15) is 11.3 Å². The molecule has 1 aromatic carbocycles. The Morgan fingerprint density at radius 2 is 1.93 bits per heavy atom. The zero-order valence-electron chi connectivity index (χ0n) is 16.9. The van der Waals surface area contributed by atoms with Crippen LogP contribution in [0.2, 0.25) is 0 Å². The van der Waals surface area contributed by atoms with Crippen LogP contribution in [0.15, 0.2) is 11.0 Å². The highest BCUT2D eigenvalue weighted by Gasteiger charge is 2.56. The van der Waals surface area contributed by atoms with Gasteiger partial charge in [0, 0.05) is 36.8 Å². The number of pyridine rings is 1. The van der Waals surface area contributed by atoms with Crippen molar-refractivity contribution in [2.45, 2.75) is 37.8 Å². The number of aromatic nitrogens is 1. The molecule has 3 N–H and O–H groups in total. The van der Waals surface area contributed by atoms with Crippen LogP contribution in [0.3, 0.4) is 0 Å². The number of fused-ring (bicyclic) bond motifs is 1. The predicted octanol–water partition coefficient (Wildman–Crippen LogP) is 2.43. The Balaban J connectivity index is 1.76. The van der Waals surface area contributed by atoms with E-state index in [2.05, 4.69) is 4.90 Å². The monoisotopic (exact) mass is 418 g/mol. The van der Waals surface area contributed by atoms with E-state index in [0.717, 1.165) is 25.7 Å². The number of nitrogens with two attached hydrogens (primary N) is 1. The van der Waals surface area contributed by atoms with Gasteiger partial charge in [0.15, 0.2) is 11.6 Å². The summed E-state index contributed by atoms with van der Waals surface area (Å²) in [6.45, 7) is 0.988. The molecule has 2 aliphatic carbocycles. The number of likely N-dealkylation sites (N-methyl/N-ethyl adjacent to an activating group) is 1. The van der Waals surface area contributed by atoms with E-state index in [1.807, 2.05) is 14.1 Å². The number of hydrogen-bond donors (Lipinski definition) is 2. The summed E-state index contributed by atoms with van der Waals surface area (Å²) in [5, 5.41) is 9.02. The molecule has 0 unspecified atom stereocenters. The molecule has 0 bridgehead atoms. The van der Waals surface area contributed by atoms with E-state index >= 15 is 8.78 Å². The van der Waals surface area contributed by atoms with Gasteiger partial charge in [-0.15, -0.1) is 0 Å². The van der Waals surface area contributed by atoms with Gasteiger partial charge in [0.05, 0.1) is 16.6 Å². The van der Waals surface area contributed by atoms with Crippen molar-refractivity contribution < 1.29 is 18.7 Å². The third-order valence-corrected chi connectivity index (χ3v) is 6.97. The van der Waals surface area contributed by atoms with Gasteiger partial charge in [-0.1, -0.05) is 0 Å². The molecule has 5 rings (SSSR count). The van der Waals surface area contributed by atoms with Crippen LogP contribution in [-0.4, -0.2) is 53.8 Å². The molecule has 0 amide bonds. The van der Waals surface area contributed by atoms with Crippen LogP contribution < -0.4 is 16.1 Å². The highest BCUT2D eigenvalue weighted by molar-refractivity contribution is 5.99. The minimum Gasteiger partial charge on any atom is -0.477 e. The third kappa shape index (κ3) is 2.57. The van der Waals surface area contributed by atoms with Crippen molar-refractivity contribution in [3.8, 4) is 0 Å². The van der Waals surface area contributed by atoms with E-state index in [1.54, 1.807) is 4.90 Å². The maximum atomic E-state index is 15.9. The maximum absolute atomic E-state index is 15.9. The van der Waals surface area contributed by atoms with Gasteiger partial charge in [-0.25, -0.2) is 13.6 Å². The zero-order chi connectivity index (χ0) is 21.5. The SMILES string of the molecule is CN(C)[C@H]1CN(c2c(F)c(N)c3c(=O)c(C(=O)O)cn(C4CC4)c3c2F)CC12CC2. The highest BCUT2D eigenvalue weighted by Crippen LogP contribution is 2.55. The normalized spacial score (nSPS) is 22.4. The van der Waals surface area contributed by atoms with Gasteiger partial charge in [-0.2, -0.15) is 0 Å². The first-order valence-corrected chi connectivity index (χ1v) is 10.2. The number of anilines is 2. The van der Waals surface area contributed by atoms with E-state index in [4.69, 9.17) is 5.73 Å². The Kier molecular flexibility index (Phi) is 3.96. The van der Waals surface area contributed by atoms with Gasteiger partial charge in [-0.05, 0) is 39.8 Å². The van der Waals surface area contributed by atoms with Crippen molar-refractivity contribution in [3.05, 3.63) is 33.6 Å². The van der Waals surface area contributed by atoms with Crippen molar-refractivity contribution in [1.82, 2.24) is 9.47 Å². The second kappa shape index (κ2) is 6.16. The average molecular weight is 418 g/mol. The molecule has 2 saturated carbocycles. The fraction of sp³-hybridized carbons (Fsp3) is 0.524. The number of rotatable bonds is 4. The molecule has 0 radical (unpaired) electrons. The third-order valence-electron chi connectivity index (χ3n) is 6.97. The molecule has 30 heavy (non-hydrogen) atoms. The minimum absolute atomic E-state index is 0.0232. The van der Waals surface area contributed by atoms with Crippen molar-refractivity contribution in [2.24, 2.45) is 5.41 Å². The van der Waals surface area contributed by atoms with E-state index in [1.165, 1.54) is 10.8 Å². The molecule has 1 saturated heterocycles. The van der Waals surface area contributed by atoms with Crippen LogP contribution in [0.4, 0.5) is 20.2 Å². The summed E-state index contributed by atoms with van der Waals surface area (Å²) in [7, 11) is 3.93. The van der Waals surface area contributed by atoms with Crippen LogP contribution in [0.5, 0.6) is 0 Å². The molecular formula is C21H24F2N4O3. The summed E-state index contributed by atoms with van der Waals surface area (Å²) < 4.78 is 32.7. The fourth-order valence-corrected chi connectivity index (χ4v) is 5.11. The quantitative estimate of drug-likeness (QED) is 0.741.